The van der Waals surface area contributed by atoms with Gasteiger partial charge in [-0.2, -0.15) is 0 Å². The summed E-state index contributed by atoms with van der Waals surface area (Å²) in [7, 11) is 0. The molecule has 190 valence electrons. The van der Waals surface area contributed by atoms with Crippen LogP contribution in [-0.2, 0) is 16.1 Å². The van der Waals surface area contributed by atoms with E-state index >= 15 is 0 Å². The van der Waals surface area contributed by atoms with Gasteiger partial charge in [-0.25, -0.2) is 24.9 Å². The van der Waals surface area contributed by atoms with Crippen molar-refractivity contribution >= 4 is 34.8 Å². The number of morpholine rings is 1. The first-order chi connectivity index (χ1) is 17.6. The van der Waals surface area contributed by atoms with Crippen LogP contribution in [0, 0.1) is 5.92 Å². The minimum atomic E-state index is 0.206. The van der Waals surface area contributed by atoms with Crippen LogP contribution in [0.25, 0.3) is 22.6 Å². The molecule has 3 aliphatic rings. The highest BCUT2D eigenvalue weighted by atomic mass is 16.5. The van der Waals surface area contributed by atoms with Crippen molar-refractivity contribution in [1.29, 1.82) is 0 Å². The van der Waals surface area contributed by atoms with Crippen LogP contribution >= 0.6 is 0 Å². The van der Waals surface area contributed by atoms with Gasteiger partial charge in [0.15, 0.2) is 22.8 Å². The molecule has 3 fully saturated rings. The quantitative estimate of drug-likeness (QED) is 0.535. The highest BCUT2D eigenvalue weighted by Gasteiger charge is 2.31. The molecule has 6 rings (SSSR count). The van der Waals surface area contributed by atoms with E-state index in [-0.39, 0.29) is 11.9 Å². The topological polar surface area (TPSA) is 131 Å². The summed E-state index contributed by atoms with van der Waals surface area (Å²) in [6.07, 6.45) is 6.31. The average Bonchev–Trinajstić information content (AvgIpc) is 3.68. The first-order valence-corrected chi connectivity index (χ1v) is 12.8. The van der Waals surface area contributed by atoms with E-state index in [2.05, 4.69) is 24.3 Å². The van der Waals surface area contributed by atoms with Gasteiger partial charge in [0.25, 0.3) is 0 Å². The summed E-state index contributed by atoms with van der Waals surface area (Å²) in [5.41, 5.74) is 8.07. The van der Waals surface area contributed by atoms with Crippen LogP contribution in [0.5, 0.6) is 0 Å². The van der Waals surface area contributed by atoms with Crippen LogP contribution in [0.3, 0.4) is 0 Å². The van der Waals surface area contributed by atoms with E-state index in [1.807, 2.05) is 11.8 Å². The highest BCUT2D eigenvalue weighted by molar-refractivity contribution is 5.88. The molecule has 1 saturated carbocycles. The zero-order chi connectivity index (χ0) is 24.6. The molecule has 12 heteroatoms. The summed E-state index contributed by atoms with van der Waals surface area (Å²) < 4.78 is 7.86. The number of carbonyl (C=O) groups excluding carboxylic acids is 1. The Balaban J connectivity index is 1.45. The molecule has 12 nitrogen and oxygen atoms in total. The lowest BCUT2D eigenvalue weighted by Gasteiger charge is -2.35. The molecule has 3 aromatic rings. The maximum absolute atomic E-state index is 12.2. The Labute approximate surface area is 209 Å². The Bertz CT molecular complexity index is 1240. The number of carbonyl (C=O) groups is 1. The van der Waals surface area contributed by atoms with Crippen molar-refractivity contribution in [1.82, 2.24) is 34.4 Å². The van der Waals surface area contributed by atoms with E-state index in [4.69, 9.17) is 25.4 Å². The summed E-state index contributed by atoms with van der Waals surface area (Å²) in [6.45, 7) is 8.47. The van der Waals surface area contributed by atoms with E-state index in [1.54, 1.807) is 12.4 Å². The molecule has 0 unspecified atom stereocenters. The summed E-state index contributed by atoms with van der Waals surface area (Å²) in [4.78, 5) is 42.1. The Morgan fingerprint density at radius 2 is 1.72 bits per heavy atom. The van der Waals surface area contributed by atoms with Gasteiger partial charge in [0.05, 0.1) is 18.8 Å². The molecule has 1 amide bonds. The summed E-state index contributed by atoms with van der Waals surface area (Å²) in [5.74, 6) is 3.34. The normalized spacial score (nSPS) is 18.8. The SMILES string of the molecule is CCC(=O)N1CCN(c2nc3c(N4CCOCC4)nc(-c4cnc(N)nc4)nc3n2CC2CC2)CC1. The van der Waals surface area contributed by atoms with Gasteiger partial charge < -0.3 is 25.2 Å². The molecule has 0 spiro atoms. The Morgan fingerprint density at radius 3 is 2.39 bits per heavy atom. The number of piperazine rings is 1. The number of fused-ring (bicyclic) bond motifs is 1. The molecule has 3 aromatic heterocycles. The van der Waals surface area contributed by atoms with E-state index in [1.165, 1.54) is 12.8 Å². The van der Waals surface area contributed by atoms with Crippen LogP contribution in [-0.4, -0.2) is 92.8 Å². The molecule has 2 N–H and O–H groups in total. The lowest BCUT2D eigenvalue weighted by Crippen LogP contribution is -2.49. The number of nitrogens with zero attached hydrogens (tertiary/aromatic N) is 9. The number of ether oxygens (including phenoxy) is 1. The Morgan fingerprint density at radius 1 is 1.00 bits per heavy atom. The smallest absolute Gasteiger partial charge is 0.222 e. The number of amides is 1. The van der Waals surface area contributed by atoms with Gasteiger partial charge in [-0.15, -0.1) is 0 Å². The molecule has 0 aromatic carbocycles. The molecule has 1 aliphatic carbocycles. The second-order valence-corrected chi connectivity index (χ2v) is 9.66. The molecule has 5 heterocycles. The van der Waals surface area contributed by atoms with Gasteiger partial charge in [-0.1, -0.05) is 6.92 Å². The van der Waals surface area contributed by atoms with Crippen molar-refractivity contribution in [2.75, 3.05) is 68.0 Å². The van der Waals surface area contributed by atoms with E-state index in [0.29, 0.717) is 50.0 Å². The van der Waals surface area contributed by atoms with Crippen molar-refractivity contribution in [2.24, 2.45) is 5.92 Å². The number of hydrogen-bond acceptors (Lipinski definition) is 10. The van der Waals surface area contributed by atoms with Crippen molar-refractivity contribution in [3.63, 3.8) is 0 Å². The van der Waals surface area contributed by atoms with Gasteiger partial charge in [0, 0.05) is 64.6 Å². The maximum Gasteiger partial charge on any atom is 0.222 e. The summed E-state index contributed by atoms with van der Waals surface area (Å²) in [5, 5.41) is 0. The monoisotopic (exact) mass is 492 g/mol. The molecular weight excluding hydrogens is 460 g/mol. The zero-order valence-electron chi connectivity index (χ0n) is 20.6. The fourth-order valence-corrected chi connectivity index (χ4v) is 4.90. The molecular formula is C24H32N10O2. The molecule has 0 bridgehead atoms. The van der Waals surface area contributed by atoms with Crippen LogP contribution in [0.1, 0.15) is 26.2 Å². The Hall–Kier alpha value is -3.54. The van der Waals surface area contributed by atoms with Gasteiger partial charge >= 0.3 is 0 Å². The maximum atomic E-state index is 12.2. The average molecular weight is 493 g/mol. The minimum absolute atomic E-state index is 0.206. The number of anilines is 3. The fourth-order valence-electron chi connectivity index (χ4n) is 4.90. The lowest BCUT2D eigenvalue weighted by molar-refractivity contribution is -0.131. The third-order valence-corrected chi connectivity index (χ3v) is 7.15. The number of aromatic nitrogens is 6. The van der Waals surface area contributed by atoms with Crippen molar-refractivity contribution in [2.45, 2.75) is 32.7 Å². The van der Waals surface area contributed by atoms with Gasteiger partial charge in [0.2, 0.25) is 17.8 Å². The highest BCUT2D eigenvalue weighted by Crippen LogP contribution is 2.36. The number of imidazole rings is 1. The second-order valence-electron chi connectivity index (χ2n) is 9.66. The predicted octanol–water partition coefficient (Wildman–Crippen LogP) is 1.17. The third kappa shape index (κ3) is 4.41. The van der Waals surface area contributed by atoms with Crippen molar-refractivity contribution in [3.05, 3.63) is 12.4 Å². The van der Waals surface area contributed by atoms with E-state index in [9.17, 15) is 4.79 Å². The first-order valence-electron chi connectivity index (χ1n) is 12.8. The van der Waals surface area contributed by atoms with Crippen molar-refractivity contribution < 1.29 is 9.53 Å². The van der Waals surface area contributed by atoms with Crippen LogP contribution in [0.2, 0.25) is 0 Å². The largest absolute Gasteiger partial charge is 0.378 e. The fraction of sp³-hybridized carbons (Fsp3) is 0.583. The molecule has 36 heavy (non-hydrogen) atoms. The molecule has 2 aliphatic heterocycles. The number of hydrogen-bond donors (Lipinski definition) is 1. The second kappa shape index (κ2) is 9.49. The van der Waals surface area contributed by atoms with Crippen LogP contribution in [0.4, 0.5) is 17.7 Å². The Kier molecular flexibility index (Phi) is 6.04. The predicted molar refractivity (Wildman–Crippen MR) is 136 cm³/mol. The number of nitrogen functional groups attached to an aromatic ring is 1. The van der Waals surface area contributed by atoms with Crippen LogP contribution < -0.4 is 15.5 Å². The zero-order valence-corrected chi connectivity index (χ0v) is 20.6. The standard InChI is InChI=1S/C24H32N10O2/c1-2-18(35)31-5-7-33(8-6-31)24-28-19-21(32-9-11-36-12-10-32)29-20(17-13-26-23(25)27-14-17)30-22(19)34(24)15-16-3-4-16/h13-14,16H,2-12,15H2,1H3,(H2,25,26,27). The molecule has 0 radical (unpaired) electrons. The van der Waals surface area contributed by atoms with Crippen molar-refractivity contribution in [3.8, 4) is 11.4 Å². The first kappa shape index (κ1) is 22.9. The minimum Gasteiger partial charge on any atom is -0.378 e. The lowest BCUT2D eigenvalue weighted by atomic mass is 10.3. The van der Waals surface area contributed by atoms with Crippen LogP contribution in [0.15, 0.2) is 12.4 Å². The number of nitrogens with two attached hydrogens (primary N) is 1. The summed E-state index contributed by atoms with van der Waals surface area (Å²) in [6, 6.07) is 0. The summed E-state index contributed by atoms with van der Waals surface area (Å²) >= 11 is 0. The van der Waals surface area contributed by atoms with Gasteiger partial charge in [0.1, 0.15) is 0 Å². The third-order valence-electron chi connectivity index (χ3n) is 7.15. The van der Waals surface area contributed by atoms with Gasteiger partial charge in [-0.3, -0.25) is 9.36 Å². The van der Waals surface area contributed by atoms with E-state index < -0.39 is 0 Å². The van der Waals surface area contributed by atoms with E-state index in [0.717, 1.165) is 55.7 Å². The molecule has 0 atom stereocenters. The molecule has 2 saturated heterocycles. The number of rotatable bonds is 6. The van der Waals surface area contributed by atoms with Gasteiger partial charge in [-0.05, 0) is 18.8 Å².